The summed E-state index contributed by atoms with van der Waals surface area (Å²) in [6.45, 7) is 5.36. The van der Waals surface area contributed by atoms with Gasteiger partial charge in [-0.05, 0) is 44.4 Å². The average molecular weight is 285 g/mol. The lowest BCUT2D eigenvalue weighted by molar-refractivity contribution is -0.130. The van der Waals surface area contributed by atoms with Gasteiger partial charge >= 0.3 is 0 Å². The van der Waals surface area contributed by atoms with E-state index in [2.05, 4.69) is 13.8 Å². The molecule has 1 saturated heterocycles. The normalized spacial score (nSPS) is 26.8. The number of carbonyl (C=O) groups excluding carboxylic acids is 1. The SMILES string of the molecule is CC(N(C)C(=O)CSCC1CCCCO1)C1(C)CC1. The molecule has 0 bridgehead atoms. The minimum Gasteiger partial charge on any atom is -0.377 e. The molecule has 1 amide bonds. The molecule has 0 aromatic heterocycles. The van der Waals surface area contributed by atoms with Gasteiger partial charge in [0.15, 0.2) is 0 Å². The molecule has 2 aliphatic rings. The van der Waals surface area contributed by atoms with Crippen LogP contribution in [0.2, 0.25) is 0 Å². The molecule has 1 aliphatic carbocycles. The smallest absolute Gasteiger partial charge is 0.232 e. The standard InChI is InChI=1S/C15H27NO2S/c1-12(15(2)7-8-15)16(3)14(17)11-19-10-13-6-4-5-9-18-13/h12-13H,4-11H2,1-3H3. The highest BCUT2D eigenvalue weighted by atomic mass is 32.2. The van der Waals surface area contributed by atoms with Crippen LogP contribution in [0.5, 0.6) is 0 Å². The molecule has 3 nitrogen and oxygen atoms in total. The van der Waals surface area contributed by atoms with Crippen molar-refractivity contribution < 1.29 is 9.53 Å². The number of nitrogens with zero attached hydrogens (tertiary/aromatic N) is 1. The van der Waals surface area contributed by atoms with Gasteiger partial charge in [0.1, 0.15) is 0 Å². The minimum atomic E-state index is 0.265. The van der Waals surface area contributed by atoms with Gasteiger partial charge in [0, 0.05) is 25.4 Å². The highest BCUT2D eigenvalue weighted by Crippen LogP contribution is 2.49. The number of ether oxygens (including phenoxy) is 1. The van der Waals surface area contributed by atoms with Crippen LogP contribution in [0.25, 0.3) is 0 Å². The topological polar surface area (TPSA) is 29.5 Å². The van der Waals surface area contributed by atoms with Crippen LogP contribution in [0.4, 0.5) is 0 Å². The number of hydrogen-bond acceptors (Lipinski definition) is 3. The summed E-state index contributed by atoms with van der Waals surface area (Å²) in [5.41, 5.74) is 0.377. The fourth-order valence-electron chi connectivity index (χ4n) is 2.62. The second-order valence-electron chi connectivity index (χ2n) is 6.34. The van der Waals surface area contributed by atoms with E-state index in [1.54, 1.807) is 11.8 Å². The van der Waals surface area contributed by atoms with E-state index in [4.69, 9.17) is 4.74 Å². The minimum absolute atomic E-state index is 0.265. The van der Waals surface area contributed by atoms with E-state index in [1.807, 2.05) is 11.9 Å². The van der Waals surface area contributed by atoms with E-state index in [1.165, 1.54) is 25.7 Å². The molecule has 2 rings (SSSR count). The predicted octanol–water partition coefficient (Wildman–Crippen LogP) is 2.94. The Labute approximate surface area is 121 Å². The van der Waals surface area contributed by atoms with Crippen molar-refractivity contribution in [3.8, 4) is 0 Å². The molecule has 2 atom stereocenters. The number of hydrogen-bond donors (Lipinski definition) is 0. The maximum Gasteiger partial charge on any atom is 0.232 e. The fourth-order valence-corrected chi connectivity index (χ4v) is 3.64. The summed E-state index contributed by atoms with van der Waals surface area (Å²) in [5.74, 6) is 1.82. The number of rotatable bonds is 6. The van der Waals surface area contributed by atoms with Gasteiger partial charge in [-0.2, -0.15) is 0 Å². The molecular formula is C15H27NO2S. The van der Waals surface area contributed by atoms with Crippen LogP contribution in [-0.2, 0) is 9.53 Å². The zero-order valence-corrected chi connectivity index (χ0v) is 13.3. The molecule has 0 aromatic rings. The van der Waals surface area contributed by atoms with Crippen molar-refractivity contribution in [3.63, 3.8) is 0 Å². The Morgan fingerprint density at radius 1 is 1.47 bits per heavy atom. The molecule has 2 fully saturated rings. The van der Waals surface area contributed by atoms with Crippen molar-refractivity contribution in [3.05, 3.63) is 0 Å². The zero-order chi connectivity index (χ0) is 13.9. The average Bonchev–Trinajstić information content (AvgIpc) is 3.17. The van der Waals surface area contributed by atoms with Gasteiger partial charge in [-0.1, -0.05) is 6.92 Å². The summed E-state index contributed by atoms with van der Waals surface area (Å²) in [4.78, 5) is 14.1. The first kappa shape index (κ1) is 15.2. The lowest BCUT2D eigenvalue weighted by Gasteiger charge is -2.30. The largest absolute Gasteiger partial charge is 0.377 e. The molecule has 0 N–H and O–H groups in total. The maximum absolute atomic E-state index is 12.2. The zero-order valence-electron chi connectivity index (χ0n) is 12.5. The molecule has 0 radical (unpaired) electrons. The van der Waals surface area contributed by atoms with E-state index in [-0.39, 0.29) is 5.91 Å². The van der Waals surface area contributed by atoms with Gasteiger partial charge < -0.3 is 9.64 Å². The third kappa shape index (κ3) is 4.12. The number of thioether (sulfide) groups is 1. The Morgan fingerprint density at radius 3 is 2.79 bits per heavy atom. The monoisotopic (exact) mass is 285 g/mol. The van der Waals surface area contributed by atoms with Crippen molar-refractivity contribution in [2.75, 3.05) is 25.2 Å². The first-order valence-electron chi connectivity index (χ1n) is 7.48. The van der Waals surface area contributed by atoms with Crippen LogP contribution in [0.15, 0.2) is 0 Å². The molecule has 110 valence electrons. The highest BCUT2D eigenvalue weighted by Gasteiger charge is 2.45. The van der Waals surface area contributed by atoms with E-state index >= 15 is 0 Å². The van der Waals surface area contributed by atoms with Crippen molar-refractivity contribution in [1.29, 1.82) is 0 Å². The van der Waals surface area contributed by atoms with Crippen LogP contribution in [0.3, 0.4) is 0 Å². The van der Waals surface area contributed by atoms with Crippen LogP contribution < -0.4 is 0 Å². The van der Waals surface area contributed by atoms with Gasteiger partial charge in [0.25, 0.3) is 0 Å². The van der Waals surface area contributed by atoms with E-state index in [0.717, 1.165) is 18.8 Å². The molecule has 0 aromatic carbocycles. The first-order valence-corrected chi connectivity index (χ1v) is 8.63. The lowest BCUT2D eigenvalue weighted by Crippen LogP contribution is -2.41. The highest BCUT2D eigenvalue weighted by molar-refractivity contribution is 7.99. The van der Waals surface area contributed by atoms with Crippen LogP contribution in [0.1, 0.15) is 46.0 Å². The molecule has 1 heterocycles. The van der Waals surface area contributed by atoms with Crippen molar-refractivity contribution >= 4 is 17.7 Å². The van der Waals surface area contributed by atoms with E-state index in [0.29, 0.717) is 23.3 Å². The van der Waals surface area contributed by atoms with E-state index in [9.17, 15) is 4.79 Å². The summed E-state index contributed by atoms with van der Waals surface area (Å²) >= 11 is 1.73. The predicted molar refractivity (Wildman–Crippen MR) is 80.5 cm³/mol. The van der Waals surface area contributed by atoms with Crippen molar-refractivity contribution in [2.45, 2.75) is 58.1 Å². The van der Waals surface area contributed by atoms with E-state index < -0.39 is 0 Å². The molecule has 0 spiro atoms. The summed E-state index contributed by atoms with van der Waals surface area (Å²) in [7, 11) is 1.95. The molecule has 4 heteroatoms. The second-order valence-corrected chi connectivity index (χ2v) is 7.37. The van der Waals surface area contributed by atoms with Crippen molar-refractivity contribution in [1.82, 2.24) is 4.90 Å². The summed E-state index contributed by atoms with van der Waals surface area (Å²) in [5, 5.41) is 0. The summed E-state index contributed by atoms with van der Waals surface area (Å²) < 4.78 is 5.69. The van der Waals surface area contributed by atoms with Crippen molar-refractivity contribution in [2.24, 2.45) is 5.41 Å². The van der Waals surface area contributed by atoms with Crippen LogP contribution in [0, 0.1) is 5.41 Å². The van der Waals surface area contributed by atoms with Gasteiger partial charge in [0.2, 0.25) is 5.91 Å². The van der Waals surface area contributed by atoms with Gasteiger partial charge in [-0.25, -0.2) is 0 Å². The molecule has 19 heavy (non-hydrogen) atoms. The third-order valence-electron chi connectivity index (χ3n) is 4.82. The summed E-state index contributed by atoms with van der Waals surface area (Å²) in [6.07, 6.45) is 6.51. The van der Waals surface area contributed by atoms with Gasteiger partial charge in [-0.3, -0.25) is 4.79 Å². The van der Waals surface area contributed by atoms with Gasteiger partial charge in [0.05, 0.1) is 11.9 Å². The third-order valence-corrected chi connectivity index (χ3v) is 5.88. The number of amides is 1. The van der Waals surface area contributed by atoms with Crippen LogP contribution in [-0.4, -0.2) is 48.1 Å². The lowest BCUT2D eigenvalue weighted by atomic mass is 10.00. The Hall–Kier alpha value is -0.220. The van der Waals surface area contributed by atoms with Crippen LogP contribution >= 0.6 is 11.8 Å². The maximum atomic E-state index is 12.2. The molecular weight excluding hydrogens is 258 g/mol. The Morgan fingerprint density at radius 2 is 2.21 bits per heavy atom. The molecule has 1 saturated carbocycles. The fraction of sp³-hybridized carbons (Fsp3) is 0.933. The summed E-state index contributed by atoms with van der Waals surface area (Å²) in [6, 6.07) is 0.367. The Bertz CT molecular complexity index is 311. The Kier molecular flexibility index (Phi) is 5.18. The quantitative estimate of drug-likeness (QED) is 0.751. The van der Waals surface area contributed by atoms with Gasteiger partial charge in [-0.15, -0.1) is 11.8 Å². The second kappa shape index (κ2) is 6.49. The molecule has 1 aliphatic heterocycles. The number of carbonyl (C=O) groups is 1. The first-order chi connectivity index (χ1) is 9.03. The Balaban J connectivity index is 1.65. The molecule has 2 unspecified atom stereocenters.